The molecular weight excluding hydrogens is 226 g/mol. The van der Waals surface area contributed by atoms with Crippen molar-refractivity contribution in [2.45, 2.75) is 65.0 Å². The standard InChI is InChI=1S/C15H27NO2/c1-6-8-13(17)18-12-11-16-14(2,3)9-7-10-15(16,4)5/h6,8H,7,9-12H2,1-5H3/b8-6+. The van der Waals surface area contributed by atoms with Crippen molar-refractivity contribution >= 4 is 5.97 Å². The van der Waals surface area contributed by atoms with Gasteiger partial charge in [-0.25, -0.2) is 4.79 Å². The molecule has 0 aromatic heterocycles. The molecule has 1 rings (SSSR count). The Balaban J connectivity index is 2.54. The predicted molar refractivity (Wildman–Crippen MR) is 74.5 cm³/mol. The van der Waals surface area contributed by atoms with Crippen molar-refractivity contribution < 1.29 is 9.53 Å². The van der Waals surface area contributed by atoms with Crippen LogP contribution in [0.5, 0.6) is 0 Å². The number of likely N-dealkylation sites (tertiary alicyclic amines) is 1. The third-order valence-corrected chi connectivity index (χ3v) is 3.90. The van der Waals surface area contributed by atoms with Crippen LogP contribution in [0.4, 0.5) is 0 Å². The van der Waals surface area contributed by atoms with E-state index in [1.165, 1.54) is 25.3 Å². The lowest BCUT2D eigenvalue weighted by Gasteiger charge is -2.52. The summed E-state index contributed by atoms with van der Waals surface area (Å²) in [5.74, 6) is -0.245. The highest BCUT2D eigenvalue weighted by Crippen LogP contribution is 2.37. The van der Waals surface area contributed by atoms with E-state index in [0.29, 0.717) is 6.61 Å². The summed E-state index contributed by atoms with van der Waals surface area (Å²) in [6.45, 7) is 12.2. The SMILES string of the molecule is C/C=C/C(=O)OCCN1C(C)(C)CCCC1(C)C. The molecule has 18 heavy (non-hydrogen) atoms. The first-order valence-corrected chi connectivity index (χ1v) is 6.87. The molecule has 1 aliphatic heterocycles. The van der Waals surface area contributed by atoms with Crippen molar-refractivity contribution in [2.75, 3.05) is 13.2 Å². The number of nitrogens with zero attached hydrogens (tertiary/aromatic N) is 1. The van der Waals surface area contributed by atoms with E-state index in [1.54, 1.807) is 6.08 Å². The van der Waals surface area contributed by atoms with Gasteiger partial charge in [-0.1, -0.05) is 6.08 Å². The molecule has 0 spiro atoms. The minimum absolute atomic E-state index is 0.189. The van der Waals surface area contributed by atoms with Gasteiger partial charge < -0.3 is 4.74 Å². The van der Waals surface area contributed by atoms with Crippen LogP contribution >= 0.6 is 0 Å². The quantitative estimate of drug-likeness (QED) is 0.569. The molecule has 1 fully saturated rings. The van der Waals surface area contributed by atoms with Gasteiger partial charge in [0.25, 0.3) is 0 Å². The van der Waals surface area contributed by atoms with Crippen LogP contribution < -0.4 is 0 Å². The highest BCUT2D eigenvalue weighted by atomic mass is 16.5. The van der Waals surface area contributed by atoms with Crippen LogP contribution in [0.25, 0.3) is 0 Å². The molecule has 104 valence electrons. The Hall–Kier alpha value is -0.830. The Morgan fingerprint density at radius 1 is 1.22 bits per heavy atom. The minimum atomic E-state index is -0.245. The van der Waals surface area contributed by atoms with E-state index in [4.69, 9.17) is 4.74 Å². The van der Waals surface area contributed by atoms with Gasteiger partial charge in [-0.15, -0.1) is 0 Å². The molecule has 0 saturated carbocycles. The summed E-state index contributed by atoms with van der Waals surface area (Å²) in [6.07, 6.45) is 6.86. The van der Waals surface area contributed by atoms with Gasteiger partial charge in [0.05, 0.1) is 0 Å². The smallest absolute Gasteiger partial charge is 0.330 e. The van der Waals surface area contributed by atoms with Gasteiger partial charge in [0, 0.05) is 23.7 Å². The van der Waals surface area contributed by atoms with E-state index in [1.807, 2.05) is 6.92 Å². The molecule has 0 aliphatic carbocycles. The molecule has 1 saturated heterocycles. The fraction of sp³-hybridized carbons (Fsp3) is 0.800. The second-order valence-electron chi connectivity index (χ2n) is 6.30. The Bertz CT molecular complexity index is 302. The molecule has 0 aromatic carbocycles. The number of esters is 1. The van der Waals surface area contributed by atoms with Crippen molar-refractivity contribution in [3.8, 4) is 0 Å². The number of carbonyl (C=O) groups is 1. The highest BCUT2D eigenvalue weighted by Gasteiger charge is 2.40. The minimum Gasteiger partial charge on any atom is -0.461 e. The maximum absolute atomic E-state index is 11.3. The maximum atomic E-state index is 11.3. The molecular formula is C15H27NO2. The van der Waals surface area contributed by atoms with Crippen LogP contribution in [0.15, 0.2) is 12.2 Å². The number of piperidine rings is 1. The van der Waals surface area contributed by atoms with Crippen molar-refractivity contribution in [1.82, 2.24) is 4.90 Å². The largest absolute Gasteiger partial charge is 0.461 e. The van der Waals surface area contributed by atoms with Crippen LogP contribution in [0.2, 0.25) is 0 Å². The van der Waals surface area contributed by atoms with Gasteiger partial charge in [-0.2, -0.15) is 0 Å². The first-order chi connectivity index (χ1) is 8.29. The summed E-state index contributed by atoms with van der Waals surface area (Å²) in [7, 11) is 0. The number of hydrogen-bond donors (Lipinski definition) is 0. The molecule has 0 aromatic rings. The summed E-state index contributed by atoms with van der Waals surface area (Å²) < 4.78 is 5.20. The van der Waals surface area contributed by atoms with E-state index in [0.717, 1.165) is 6.54 Å². The number of allylic oxidation sites excluding steroid dienone is 1. The lowest BCUT2D eigenvalue weighted by atomic mass is 9.80. The second kappa shape index (κ2) is 5.87. The fourth-order valence-corrected chi connectivity index (χ4v) is 3.07. The first-order valence-electron chi connectivity index (χ1n) is 6.87. The zero-order valence-electron chi connectivity index (χ0n) is 12.5. The molecule has 0 N–H and O–H groups in total. The third kappa shape index (κ3) is 3.84. The normalized spacial score (nSPS) is 23.2. The van der Waals surface area contributed by atoms with Crippen molar-refractivity contribution in [1.29, 1.82) is 0 Å². The summed E-state index contributed by atoms with van der Waals surface area (Å²) in [4.78, 5) is 13.8. The Labute approximate surface area is 111 Å². The first kappa shape index (κ1) is 15.2. The van der Waals surface area contributed by atoms with E-state index in [-0.39, 0.29) is 17.0 Å². The number of rotatable bonds is 4. The molecule has 1 aliphatic rings. The van der Waals surface area contributed by atoms with Crippen LogP contribution in [0.3, 0.4) is 0 Å². The third-order valence-electron chi connectivity index (χ3n) is 3.90. The Morgan fingerprint density at radius 3 is 2.28 bits per heavy atom. The van der Waals surface area contributed by atoms with Gasteiger partial charge in [0.15, 0.2) is 0 Å². The lowest BCUT2D eigenvalue weighted by Crippen LogP contribution is -2.59. The van der Waals surface area contributed by atoms with Crippen LogP contribution in [-0.4, -0.2) is 35.1 Å². The molecule has 1 heterocycles. The van der Waals surface area contributed by atoms with Crippen LogP contribution in [-0.2, 0) is 9.53 Å². The Kier molecular flexibility index (Phi) is 4.97. The molecule has 0 bridgehead atoms. The van der Waals surface area contributed by atoms with Crippen molar-refractivity contribution in [2.24, 2.45) is 0 Å². The fourth-order valence-electron chi connectivity index (χ4n) is 3.07. The molecule has 0 radical (unpaired) electrons. The zero-order valence-corrected chi connectivity index (χ0v) is 12.5. The van der Waals surface area contributed by atoms with Gasteiger partial charge in [0.2, 0.25) is 0 Å². The summed E-state index contributed by atoms with van der Waals surface area (Å²) in [6, 6.07) is 0. The average molecular weight is 253 g/mol. The number of carbonyl (C=O) groups excluding carboxylic acids is 1. The molecule has 3 nitrogen and oxygen atoms in total. The van der Waals surface area contributed by atoms with Gasteiger partial charge in [-0.05, 0) is 53.9 Å². The summed E-state index contributed by atoms with van der Waals surface area (Å²) in [5, 5.41) is 0. The second-order valence-corrected chi connectivity index (χ2v) is 6.30. The maximum Gasteiger partial charge on any atom is 0.330 e. The Morgan fingerprint density at radius 2 is 1.78 bits per heavy atom. The zero-order chi connectivity index (χ0) is 13.8. The van der Waals surface area contributed by atoms with Gasteiger partial charge in [0.1, 0.15) is 6.61 Å². The number of ether oxygens (including phenoxy) is 1. The summed E-state index contributed by atoms with van der Waals surface area (Å²) in [5.41, 5.74) is 0.378. The molecule has 0 unspecified atom stereocenters. The van der Waals surface area contributed by atoms with E-state index in [9.17, 15) is 4.79 Å². The van der Waals surface area contributed by atoms with Gasteiger partial charge >= 0.3 is 5.97 Å². The van der Waals surface area contributed by atoms with Gasteiger partial charge in [-0.3, -0.25) is 4.90 Å². The lowest BCUT2D eigenvalue weighted by molar-refractivity contribution is -0.140. The van der Waals surface area contributed by atoms with Crippen molar-refractivity contribution in [3.05, 3.63) is 12.2 Å². The van der Waals surface area contributed by atoms with Crippen molar-refractivity contribution in [3.63, 3.8) is 0 Å². The molecule has 0 amide bonds. The van der Waals surface area contributed by atoms with Crippen LogP contribution in [0.1, 0.15) is 53.9 Å². The van der Waals surface area contributed by atoms with E-state index >= 15 is 0 Å². The average Bonchev–Trinajstić information content (AvgIpc) is 2.21. The molecule has 3 heteroatoms. The topological polar surface area (TPSA) is 29.5 Å². The summed E-state index contributed by atoms with van der Waals surface area (Å²) >= 11 is 0. The predicted octanol–water partition coefficient (Wildman–Crippen LogP) is 3.15. The highest BCUT2D eigenvalue weighted by molar-refractivity contribution is 5.81. The number of hydrogen-bond acceptors (Lipinski definition) is 3. The molecule has 0 atom stereocenters. The van der Waals surface area contributed by atoms with Crippen LogP contribution in [0, 0.1) is 0 Å². The van der Waals surface area contributed by atoms with E-state index < -0.39 is 0 Å². The van der Waals surface area contributed by atoms with E-state index in [2.05, 4.69) is 32.6 Å². The monoisotopic (exact) mass is 253 g/mol.